The Labute approximate surface area is 143 Å². The minimum atomic E-state index is 0.0482. The number of nitrogens with one attached hydrogen (secondary N) is 1. The molecule has 24 heavy (non-hydrogen) atoms. The summed E-state index contributed by atoms with van der Waals surface area (Å²) in [6, 6.07) is 10.2. The fourth-order valence-electron chi connectivity index (χ4n) is 4.41. The normalized spacial score (nSPS) is 25.7. The number of fused-ring (bicyclic) bond motifs is 3. The van der Waals surface area contributed by atoms with Crippen LogP contribution in [-0.2, 0) is 0 Å². The van der Waals surface area contributed by atoms with Gasteiger partial charge in [0.05, 0.1) is 11.1 Å². The van der Waals surface area contributed by atoms with Gasteiger partial charge in [-0.3, -0.25) is 4.79 Å². The zero-order chi connectivity index (χ0) is 16.7. The first-order valence-electron chi connectivity index (χ1n) is 9.00. The maximum Gasteiger partial charge on any atom is 0.252 e. The van der Waals surface area contributed by atoms with Gasteiger partial charge in [-0.15, -0.1) is 0 Å². The van der Waals surface area contributed by atoms with Crippen LogP contribution >= 0.6 is 0 Å². The van der Waals surface area contributed by atoms with Crippen LogP contribution in [0, 0.1) is 11.8 Å². The number of aromatic nitrogens is 1. The summed E-state index contributed by atoms with van der Waals surface area (Å²) >= 11 is 0. The number of carbonyl (C=O) groups excluding carboxylic acids is 1. The molecule has 0 spiro atoms. The largest absolute Gasteiger partial charge is 0.363 e. The van der Waals surface area contributed by atoms with E-state index in [0.29, 0.717) is 12.0 Å². The van der Waals surface area contributed by atoms with Gasteiger partial charge in [-0.2, -0.15) is 0 Å². The standard InChI is InChI=1S/C20H25N3O/c1-23(2)19-12-16(15-5-3-4-6-18(15)21-19)20(24)22-17-10-8-13-7-9-14(17)11-13/h3-6,12-14,17H,7-11H2,1-2H3,(H,22,24). The maximum atomic E-state index is 13.0. The Bertz CT molecular complexity index is 771. The Morgan fingerprint density at radius 2 is 1.96 bits per heavy atom. The van der Waals surface area contributed by atoms with Crippen molar-refractivity contribution in [2.75, 3.05) is 19.0 Å². The molecule has 2 aliphatic rings. The maximum absolute atomic E-state index is 13.0. The van der Waals surface area contributed by atoms with Crippen LogP contribution in [0.4, 0.5) is 5.82 Å². The number of para-hydroxylation sites is 1. The van der Waals surface area contributed by atoms with Crippen molar-refractivity contribution in [3.05, 3.63) is 35.9 Å². The average molecular weight is 323 g/mol. The topological polar surface area (TPSA) is 45.2 Å². The number of hydrogen-bond donors (Lipinski definition) is 1. The smallest absolute Gasteiger partial charge is 0.252 e. The van der Waals surface area contributed by atoms with Gasteiger partial charge in [0.25, 0.3) is 5.91 Å². The molecule has 3 atom stereocenters. The molecule has 1 aromatic heterocycles. The highest BCUT2D eigenvalue weighted by Gasteiger charge is 2.36. The number of carbonyl (C=O) groups is 1. The lowest BCUT2D eigenvalue weighted by Crippen LogP contribution is -2.41. The molecule has 2 bridgehead atoms. The molecule has 1 aromatic carbocycles. The monoisotopic (exact) mass is 323 g/mol. The Hall–Kier alpha value is -2.10. The van der Waals surface area contributed by atoms with E-state index in [1.807, 2.05) is 49.3 Å². The van der Waals surface area contributed by atoms with E-state index in [0.717, 1.165) is 34.6 Å². The predicted octanol–water partition coefficient (Wildman–Crippen LogP) is 3.61. The van der Waals surface area contributed by atoms with Gasteiger partial charge < -0.3 is 10.2 Å². The second-order valence-electron chi connectivity index (χ2n) is 7.54. The Balaban J connectivity index is 1.65. The minimum Gasteiger partial charge on any atom is -0.363 e. The van der Waals surface area contributed by atoms with Gasteiger partial charge in [-0.1, -0.05) is 24.6 Å². The molecule has 4 nitrogen and oxygen atoms in total. The van der Waals surface area contributed by atoms with Crippen molar-refractivity contribution in [3.8, 4) is 0 Å². The van der Waals surface area contributed by atoms with E-state index in [1.165, 1.54) is 25.7 Å². The summed E-state index contributed by atoms with van der Waals surface area (Å²) in [7, 11) is 3.91. The molecule has 1 heterocycles. The average Bonchev–Trinajstić information content (AvgIpc) is 2.98. The summed E-state index contributed by atoms with van der Waals surface area (Å²) in [6.45, 7) is 0. The van der Waals surface area contributed by atoms with E-state index in [4.69, 9.17) is 0 Å². The predicted molar refractivity (Wildman–Crippen MR) is 97.4 cm³/mol. The molecule has 4 heteroatoms. The number of pyridine rings is 1. The Morgan fingerprint density at radius 1 is 1.17 bits per heavy atom. The van der Waals surface area contributed by atoms with Crippen molar-refractivity contribution in [2.45, 2.75) is 38.1 Å². The molecule has 1 amide bonds. The van der Waals surface area contributed by atoms with Gasteiger partial charge in [-0.05, 0) is 49.7 Å². The quantitative estimate of drug-likeness (QED) is 0.938. The van der Waals surface area contributed by atoms with Crippen molar-refractivity contribution in [3.63, 3.8) is 0 Å². The molecule has 0 aliphatic heterocycles. The molecule has 2 saturated carbocycles. The third-order valence-electron chi connectivity index (χ3n) is 5.76. The summed E-state index contributed by atoms with van der Waals surface area (Å²) in [5, 5.41) is 4.27. The molecule has 2 aromatic rings. The van der Waals surface area contributed by atoms with Crippen LogP contribution in [-0.4, -0.2) is 31.0 Å². The molecule has 1 N–H and O–H groups in total. The lowest BCUT2D eigenvalue weighted by atomic mass is 9.85. The van der Waals surface area contributed by atoms with Crippen LogP contribution in [0.15, 0.2) is 30.3 Å². The van der Waals surface area contributed by atoms with Crippen LogP contribution < -0.4 is 10.2 Å². The second-order valence-corrected chi connectivity index (χ2v) is 7.54. The Kier molecular flexibility index (Phi) is 3.91. The van der Waals surface area contributed by atoms with E-state index in [1.54, 1.807) is 0 Å². The van der Waals surface area contributed by atoms with Gasteiger partial charge in [0.1, 0.15) is 5.82 Å². The molecule has 2 fully saturated rings. The highest BCUT2D eigenvalue weighted by Crippen LogP contribution is 2.42. The second kappa shape index (κ2) is 6.08. The molecule has 0 saturated heterocycles. The number of rotatable bonds is 3. The van der Waals surface area contributed by atoms with E-state index in [9.17, 15) is 4.79 Å². The molecular formula is C20H25N3O. The first-order chi connectivity index (χ1) is 11.6. The van der Waals surface area contributed by atoms with Crippen molar-refractivity contribution in [1.29, 1.82) is 0 Å². The van der Waals surface area contributed by atoms with E-state index >= 15 is 0 Å². The number of anilines is 1. The summed E-state index contributed by atoms with van der Waals surface area (Å²) in [4.78, 5) is 19.6. The third kappa shape index (κ3) is 2.74. The number of benzene rings is 1. The number of hydrogen-bond acceptors (Lipinski definition) is 3. The van der Waals surface area contributed by atoms with Crippen LogP contribution in [0.5, 0.6) is 0 Å². The molecular weight excluding hydrogens is 298 g/mol. The highest BCUT2D eigenvalue weighted by atomic mass is 16.1. The Morgan fingerprint density at radius 3 is 2.79 bits per heavy atom. The fraction of sp³-hybridized carbons (Fsp3) is 0.500. The molecule has 2 aliphatic carbocycles. The van der Waals surface area contributed by atoms with Gasteiger partial charge in [-0.25, -0.2) is 4.98 Å². The summed E-state index contributed by atoms with van der Waals surface area (Å²) in [6.07, 6.45) is 6.31. The lowest BCUT2D eigenvalue weighted by molar-refractivity contribution is 0.0911. The number of amides is 1. The van der Waals surface area contributed by atoms with Crippen molar-refractivity contribution in [2.24, 2.45) is 11.8 Å². The first-order valence-corrected chi connectivity index (χ1v) is 9.00. The van der Waals surface area contributed by atoms with Gasteiger partial charge in [0.2, 0.25) is 0 Å². The van der Waals surface area contributed by atoms with E-state index < -0.39 is 0 Å². The highest BCUT2D eigenvalue weighted by molar-refractivity contribution is 6.07. The van der Waals surface area contributed by atoms with Crippen molar-refractivity contribution in [1.82, 2.24) is 10.3 Å². The van der Waals surface area contributed by atoms with Crippen molar-refractivity contribution < 1.29 is 4.79 Å². The minimum absolute atomic E-state index is 0.0482. The van der Waals surface area contributed by atoms with Crippen LogP contribution in [0.1, 0.15) is 42.5 Å². The zero-order valence-electron chi connectivity index (χ0n) is 14.5. The van der Waals surface area contributed by atoms with Crippen molar-refractivity contribution >= 4 is 22.6 Å². The molecule has 126 valence electrons. The van der Waals surface area contributed by atoms with Crippen LogP contribution in [0.3, 0.4) is 0 Å². The van der Waals surface area contributed by atoms with E-state index in [2.05, 4.69) is 10.3 Å². The van der Waals surface area contributed by atoms with Gasteiger partial charge >= 0.3 is 0 Å². The SMILES string of the molecule is CN(C)c1cc(C(=O)NC2CCC3CCC2C3)c2ccccc2n1. The van der Waals surface area contributed by atoms with Gasteiger partial charge in [0.15, 0.2) is 0 Å². The third-order valence-corrected chi connectivity index (χ3v) is 5.76. The van der Waals surface area contributed by atoms with E-state index in [-0.39, 0.29) is 5.91 Å². The zero-order valence-corrected chi connectivity index (χ0v) is 14.5. The van der Waals surface area contributed by atoms with Crippen LogP contribution in [0.2, 0.25) is 0 Å². The summed E-state index contributed by atoms with van der Waals surface area (Å²) in [5.41, 5.74) is 1.61. The molecule has 0 radical (unpaired) electrons. The molecule has 3 unspecified atom stereocenters. The summed E-state index contributed by atoms with van der Waals surface area (Å²) < 4.78 is 0. The lowest BCUT2D eigenvalue weighted by Gasteiger charge is -2.29. The number of nitrogens with zero attached hydrogens (tertiary/aromatic N) is 2. The fourth-order valence-corrected chi connectivity index (χ4v) is 4.41. The van der Waals surface area contributed by atoms with Gasteiger partial charge in [0, 0.05) is 25.5 Å². The molecule has 4 rings (SSSR count). The van der Waals surface area contributed by atoms with Crippen LogP contribution in [0.25, 0.3) is 10.9 Å². The summed E-state index contributed by atoms with van der Waals surface area (Å²) in [5.74, 6) is 2.45. The first kappa shape index (κ1) is 15.4.